The Morgan fingerprint density at radius 1 is 0.926 bits per heavy atom. The minimum Gasteiger partial charge on any atom is -0.327 e. The van der Waals surface area contributed by atoms with Gasteiger partial charge in [-0.25, -0.2) is 4.98 Å². The molecule has 4 heterocycles. The first-order chi connectivity index (χ1) is 13.3. The molecule has 4 nitrogen and oxygen atoms in total. The van der Waals surface area contributed by atoms with Crippen molar-refractivity contribution in [1.29, 1.82) is 0 Å². The summed E-state index contributed by atoms with van der Waals surface area (Å²) in [7, 11) is 0. The molecule has 0 radical (unpaired) electrons. The monoisotopic (exact) mass is 356 g/mol. The summed E-state index contributed by atoms with van der Waals surface area (Å²) in [6.45, 7) is 3.39. The summed E-state index contributed by atoms with van der Waals surface area (Å²) in [5.74, 6) is 1.25. The lowest BCUT2D eigenvalue weighted by molar-refractivity contribution is 0.130. The summed E-state index contributed by atoms with van der Waals surface area (Å²) in [5, 5.41) is 0. The molecule has 136 valence electrons. The van der Waals surface area contributed by atoms with Crippen molar-refractivity contribution < 1.29 is 0 Å². The summed E-state index contributed by atoms with van der Waals surface area (Å²) < 4.78 is 4.63. The number of nitrogens with zero attached hydrogens (tertiary/aromatic N) is 4. The molecule has 1 aliphatic carbocycles. The molecule has 0 atom stereocenters. The van der Waals surface area contributed by atoms with Gasteiger partial charge in [0.25, 0.3) is 0 Å². The molecule has 4 heteroatoms. The molecule has 2 aliphatic rings. The fourth-order valence-corrected chi connectivity index (χ4v) is 4.70. The number of hydrogen-bond acceptors (Lipinski definition) is 2. The highest BCUT2D eigenvalue weighted by Crippen LogP contribution is 2.29. The topological polar surface area (TPSA) is 25.5 Å². The molecule has 0 unspecified atom stereocenters. The Hall–Kier alpha value is -2.59. The molecule has 1 aliphatic heterocycles. The number of imidazole rings is 1. The zero-order valence-corrected chi connectivity index (χ0v) is 15.5. The Morgan fingerprint density at radius 3 is 2.74 bits per heavy atom. The van der Waals surface area contributed by atoms with Crippen molar-refractivity contribution in [3.05, 3.63) is 60.7 Å². The lowest BCUT2D eigenvalue weighted by Crippen LogP contribution is -2.41. The summed E-state index contributed by atoms with van der Waals surface area (Å²) in [6, 6.07) is 16.2. The molecule has 6 rings (SSSR count). The predicted molar refractivity (Wildman–Crippen MR) is 109 cm³/mol. The van der Waals surface area contributed by atoms with Crippen molar-refractivity contribution in [2.24, 2.45) is 0 Å². The van der Waals surface area contributed by atoms with Gasteiger partial charge in [0, 0.05) is 50.0 Å². The molecule has 27 heavy (non-hydrogen) atoms. The van der Waals surface area contributed by atoms with Crippen LogP contribution in [0.2, 0.25) is 0 Å². The maximum Gasteiger partial charge on any atom is 0.111 e. The van der Waals surface area contributed by atoms with E-state index in [0.717, 1.165) is 37.6 Å². The Balaban J connectivity index is 1.35. The van der Waals surface area contributed by atoms with Crippen LogP contribution in [0.3, 0.4) is 0 Å². The number of rotatable bonds is 2. The van der Waals surface area contributed by atoms with E-state index in [1.54, 1.807) is 0 Å². The number of benzene rings is 1. The van der Waals surface area contributed by atoms with Crippen LogP contribution in [0, 0.1) is 0 Å². The SMILES string of the molecule is c1cc2ccc(-c3ccc4c(c3)nc3n4CCN(C4CCC4)CC3)cn2c1. The van der Waals surface area contributed by atoms with Gasteiger partial charge in [-0.15, -0.1) is 0 Å². The van der Waals surface area contributed by atoms with Crippen LogP contribution in [-0.4, -0.2) is 38.0 Å². The molecule has 0 saturated heterocycles. The van der Waals surface area contributed by atoms with Gasteiger partial charge in [-0.3, -0.25) is 4.90 Å². The predicted octanol–water partition coefficient (Wildman–Crippen LogP) is 4.37. The summed E-state index contributed by atoms with van der Waals surface area (Å²) in [4.78, 5) is 7.70. The van der Waals surface area contributed by atoms with Crippen molar-refractivity contribution in [2.75, 3.05) is 13.1 Å². The molecule has 0 bridgehead atoms. The first kappa shape index (κ1) is 15.5. The van der Waals surface area contributed by atoms with Gasteiger partial charge in [0.05, 0.1) is 11.0 Å². The van der Waals surface area contributed by atoms with Gasteiger partial charge < -0.3 is 8.97 Å². The van der Waals surface area contributed by atoms with E-state index in [0.29, 0.717) is 0 Å². The van der Waals surface area contributed by atoms with E-state index in [1.165, 1.54) is 47.2 Å². The second kappa shape index (κ2) is 5.96. The number of aromatic nitrogens is 3. The lowest BCUT2D eigenvalue weighted by atomic mass is 9.91. The van der Waals surface area contributed by atoms with E-state index in [9.17, 15) is 0 Å². The van der Waals surface area contributed by atoms with Crippen molar-refractivity contribution >= 4 is 16.6 Å². The van der Waals surface area contributed by atoms with E-state index >= 15 is 0 Å². The average molecular weight is 356 g/mol. The molecule has 0 amide bonds. The molecule has 3 aromatic heterocycles. The van der Waals surface area contributed by atoms with Crippen LogP contribution in [-0.2, 0) is 13.0 Å². The van der Waals surface area contributed by atoms with Crippen LogP contribution >= 0.6 is 0 Å². The van der Waals surface area contributed by atoms with Gasteiger partial charge in [-0.05, 0) is 54.3 Å². The zero-order chi connectivity index (χ0) is 17.8. The third kappa shape index (κ3) is 2.51. The third-order valence-electron chi connectivity index (χ3n) is 6.51. The zero-order valence-electron chi connectivity index (χ0n) is 15.5. The first-order valence-electron chi connectivity index (χ1n) is 10.2. The minimum absolute atomic E-state index is 0.830. The van der Waals surface area contributed by atoms with E-state index in [4.69, 9.17) is 4.98 Å². The number of fused-ring (bicyclic) bond motifs is 4. The molecule has 1 fully saturated rings. The first-order valence-corrected chi connectivity index (χ1v) is 10.2. The molecular formula is C23H24N4. The summed E-state index contributed by atoms with van der Waals surface area (Å²) in [5.41, 5.74) is 6.12. The van der Waals surface area contributed by atoms with E-state index < -0.39 is 0 Å². The second-order valence-corrected chi connectivity index (χ2v) is 8.01. The van der Waals surface area contributed by atoms with Crippen LogP contribution in [0.4, 0.5) is 0 Å². The van der Waals surface area contributed by atoms with Crippen LogP contribution in [0.1, 0.15) is 25.1 Å². The highest BCUT2D eigenvalue weighted by atomic mass is 15.2. The van der Waals surface area contributed by atoms with Gasteiger partial charge >= 0.3 is 0 Å². The fraction of sp³-hybridized carbons (Fsp3) is 0.348. The Kier molecular flexibility index (Phi) is 3.41. The highest BCUT2D eigenvalue weighted by molar-refractivity contribution is 5.83. The van der Waals surface area contributed by atoms with Crippen LogP contribution < -0.4 is 0 Å². The van der Waals surface area contributed by atoms with E-state index in [2.05, 4.69) is 68.7 Å². The van der Waals surface area contributed by atoms with Crippen molar-refractivity contribution in [3.8, 4) is 11.1 Å². The molecule has 0 spiro atoms. The van der Waals surface area contributed by atoms with Gasteiger partial charge in [0.2, 0.25) is 0 Å². The standard InChI is InChI=1S/C23H24N4/c1-3-19(4-1)25-12-10-23-24-21-15-17(7-9-22(21)27(23)14-13-25)18-6-8-20-5-2-11-26(20)16-18/h2,5-9,11,15-16,19H,1,3-4,10,12-14H2. The van der Waals surface area contributed by atoms with E-state index in [1.807, 2.05) is 0 Å². The van der Waals surface area contributed by atoms with Gasteiger partial charge in [-0.1, -0.05) is 18.6 Å². The van der Waals surface area contributed by atoms with Crippen molar-refractivity contribution in [2.45, 2.75) is 38.3 Å². The minimum atomic E-state index is 0.830. The van der Waals surface area contributed by atoms with Gasteiger partial charge in [0.15, 0.2) is 0 Å². The second-order valence-electron chi connectivity index (χ2n) is 8.01. The molecule has 0 N–H and O–H groups in total. The molecule has 1 saturated carbocycles. The number of pyridine rings is 1. The highest BCUT2D eigenvalue weighted by Gasteiger charge is 2.27. The van der Waals surface area contributed by atoms with Crippen LogP contribution in [0.15, 0.2) is 54.9 Å². The molecule has 1 aromatic carbocycles. The number of hydrogen-bond donors (Lipinski definition) is 0. The van der Waals surface area contributed by atoms with Gasteiger partial charge in [-0.2, -0.15) is 0 Å². The summed E-state index contributed by atoms with van der Waals surface area (Å²) in [6.07, 6.45) is 9.55. The normalized spacial score (nSPS) is 18.5. The van der Waals surface area contributed by atoms with Gasteiger partial charge in [0.1, 0.15) is 5.82 Å². The third-order valence-corrected chi connectivity index (χ3v) is 6.51. The summed E-state index contributed by atoms with van der Waals surface area (Å²) >= 11 is 0. The quantitative estimate of drug-likeness (QED) is 0.533. The maximum atomic E-state index is 5.02. The Morgan fingerprint density at radius 2 is 1.85 bits per heavy atom. The fourth-order valence-electron chi connectivity index (χ4n) is 4.70. The smallest absolute Gasteiger partial charge is 0.111 e. The van der Waals surface area contributed by atoms with Crippen molar-refractivity contribution in [3.63, 3.8) is 0 Å². The van der Waals surface area contributed by atoms with Crippen molar-refractivity contribution in [1.82, 2.24) is 18.9 Å². The molecule has 4 aromatic rings. The Labute approximate surface area is 159 Å². The van der Waals surface area contributed by atoms with E-state index in [-0.39, 0.29) is 0 Å². The lowest BCUT2D eigenvalue weighted by Gasteiger charge is -2.36. The Bertz CT molecular complexity index is 1130. The largest absolute Gasteiger partial charge is 0.327 e. The van der Waals surface area contributed by atoms with Crippen LogP contribution in [0.25, 0.3) is 27.7 Å². The maximum absolute atomic E-state index is 5.02. The molecular weight excluding hydrogens is 332 g/mol. The van der Waals surface area contributed by atoms with Crippen LogP contribution in [0.5, 0.6) is 0 Å². The average Bonchev–Trinajstić information content (AvgIpc) is 3.20.